The Kier molecular flexibility index (Phi) is 8.23. The quantitative estimate of drug-likeness (QED) is 0.425. The van der Waals surface area contributed by atoms with Crippen LogP contribution in [0.15, 0.2) is 75.9 Å². The first kappa shape index (κ1) is 25.7. The summed E-state index contributed by atoms with van der Waals surface area (Å²) in [4.78, 5) is 28.0. The molecule has 0 spiro atoms. The van der Waals surface area contributed by atoms with Crippen LogP contribution in [0.25, 0.3) is 0 Å². The number of amides is 1. The van der Waals surface area contributed by atoms with Gasteiger partial charge in [-0.3, -0.25) is 14.5 Å². The van der Waals surface area contributed by atoms with Crippen LogP contribution in [0.2, 0.25) is 0 Å². The van der Waals surface area contributed by atoms with E-state index in [1.807, 2.05) is 48.5 Å². The van der Waals surface area contributed by atoms with Crippen LogP contribution in [-0.4, -0.2) is 46.8 Å². The van der Waals surface area contributed by atoms with Crippen LogP contribution in [0.1, 0.15) is 41.9 Å². The van der Waals surface area contributed by atoms with E-state index in [0.29, 0.717) is 38.1 Å². The van der Waals surface area contributed by atoms with Gasteiger partial charge in [0.2, 0.25) is 17.1 Å². The minimum absolute atomic E-state index is 0.0530. The van der Waals surface area contributed by atoms with Crippen LogP contribution < -0.4 is 10.7 Å². The Morgan fingerprint density at radius 1 is 1.06 bits per heavy atom. The van der Waals surface area contributed by atoms with Crippen LogP contribution in [0.5, 0.6) is 5.75 Å². The number of hydrogen-bond acceptors (Lipinski definition) is 6. The van der Waals surface area contributed by atoms with Crippen molar-refractivity contribution in [3.8, 4) is 5.75 Å². The lowest BCUT2D eigenvalue weighted by Crippen LogP contribution is -2.47. The number of aliphatic hydroxyl groups is 1. The van der Waals surface area contributed by atoms with E-state index in [0.717, 1.165) is 12.1 Å². The molecule has 2 heterocycles. The lowest BCUT2D eigenvalue weighted by Gasteiger charge is -2.41. The van der Waals surface area contributed by atoms with E-state index in [1.165, 1.54) is 11.6 Å². The van der Waals surface area contributed by atoms with Crippen molar-refractivity contribution < 1.29 is 19.4 Å². The summed E-state index contributed by atoms with van der Waals surface area (Å²) in [7, 11) is 0. The van der Waals surface area contributed by atoms with Gasteiger partial charge in [0.05, 0.1) is 12.6 Å². The van der Waals surface area contributed by atoms with Gasteiger partial charge >= 0.3 is 0 Å². The zero-order valence-electron chi connectivity index (χ0n) is 20.7. The van der Waals surface area contributed by atoms with Crippen molar-refractivity contribution in [2.24, 2.45) is 0 Å². The van der Waals surface area contributed by atoms with Crippen LogP contribution in [0.4, 0.5) is 0 Å². The summed E-state index contributed by atoms with van der Waals surface area (Å²) in [6.45, 7) is 3.64. The fraction of sp³-hybridized carbons (Fsp3) is 0.379. The van der Waals surface area contributed by atoms with Crippen molar-refractivity contribution in [1.82, 2.24) is 10.2 Å². The average Bonchev–Trinajstić information content (AvgIpc) is 2.88. The van der Waals surface area contributed by atoms with E-state index >= 15 is 0 Å². The first-order valence-corrected chi connectivity index (χ1v) is 12.4. The SMILES string of the molecule is Cc1cc(=O)c(O)c(C2(CC(=O)NC(CO)Cc3ccccc3)CCN(Cc3ccccc3)CC2)o1. The van der Waals surface area contributed by atoms with Crippen molar-refractivity contribution in [1.29, 1.82) is 0 Å². The van der Waals surface area contributed by atoms with Crippen molar-refractivity contribution in [2.45, 2.75) is 50.6 Å². The molecule has 1 aliphatic heterocycles. The molecule has 1 aliphatic rings. The predicted molar refractivity (Wildman–Crippen MR) is 138 cm³/mol. The van der Waals surface area contributed by atoms with E-state index in [-0.39, 0.29) is 24.7 Å². The molecule has 7 nitrogen and oxygen atoms in total. The van der Waals surface area contributed by atoms with E-state index in [1.54, 1.807) is 6.92 Å². The molecular formula is C29H34N2O5. The molecule has 1 aromatic heterocycles. The third kappa shape index (κ3) is 6.22. The molecule has 3 N–H and O–H groups in total. The van der Waals surface area contributed by atoms with Crippen LogP contribution in [-0.2, 0) is 23.2 Å². The van der Waals surface area contributed by atoms with Gasteiger partial charge in [-0.1, -0.05) is 60.7 Å². The third-order valence-corrected chi connectivity index (χ3v) is 7.00. The summed E-state index contributed by atoms with van der Waals surface area (Å²) in [5, 5.41) is 23.5. The molecule has 2 aromatic carbocycles. The van der Waals surface area contributed by atoms with Crippen molar-refractivity contribution >= 4 is 5.91 Å². The van der Waals surface area contributed by atoms with Gasteiger partial charge in [-0.15, -0.1) is 0 Å². The molecule has 0 bridgehead atoms. The number of hydrogen-bond donors (Lipinski definition) is 3. The minimum Gasteiger partial charge on any atom is -0.502 e. The molecule has 0 saturated carbocycles. The molecular weight excluding hydrogens is 456 g/mol. The zero-order chi connectivity index (χ0) is 25.5. The monoisotopic (exact) mass is 490 g/mol. The molecule has 0 radical (unpaired) electrons. The Morgan fingerprint density at radius 3 is 2.28 bits per heavy atom. The highest BCUT2D eigenvalue weighted by Gasteiger charge is 2.43. The summed E-state index contributed by atoms with van der Waals surface area (Å²) in [5.41, 5.74) is 0.902. The molecule has 190 valence electrons. The maximum absolute atomic E-state index is 13.3. The topological polar surface area (TPSA) is 103 Å². The lowest BCUT2D eigenvalue weighted by molar-refractivity contribution is -0.124. The average molecular weight is 491 g/mol. The second-order valence-electron chi connectivity index (χ2n) is 9.75. The highest BCUT2D eigenvalue weighted by atomic mass is 16.4. The van der Waals surface area contributed by atoms with E-state index in [2.05, 4.69) is 22.3 Å². The van der Waals surface area contributed by atoms with Gasteiger partial charge in [-0.25, -0.2) is 0 Å². The molecule has 4 rings (SSSR count). The molecule has 0 aliphatic carbocycles. The Bertz CT molecular complexity index is 1200. The largest absolute Gasteiger partial charge is 0.502 e. The standard InChI is InChI=1S/C29H34N2O5/c1-21-16-25(33)27(35)28(36-21)29(12-14-31(15-13-29)19-23-10-6-3-7-11-23)18-26(34)30-24(20-32)17-22-8-4-2-5-9-22/h2-11,16,24,32,35H,12-15,17-20H2,1H3,(H,30,34). The summed E-state index contributed by atoms with van der Waals surface area (Å²) in [6, 6.07) is 20.7. The fourth-order valence-corrected chi connectivity index (χ4v) is 5.07. The molecule has 1 atom stereocenters. The fourth-order valence-electron chi connectivity index (χ4n) is 5.07. The molecule has 7 heteroatoms. The number of aromatic hydroxyl groups is 1. The Balaban J connectivity index is 1.53. The minimum atomic E-state index is -0.820. The second kappa shape index (κ2) is 11.5. The molecule has 1 fully saturated rings. The maximum Gasteiger partial charge on any atom is 0.227 e. The maximum atomic E-state index is 13.3. The van der Waals surface area contributed by atoms with Crippen LogP contribution in [0.3, 0.4) is 0 Å². The first-order chi connectivity index (χ1) is 17.4. The lowest BCUT2D eigenvalue weighted by atomic mass is 9.72. The van der Waals surface area contributed by atoms with E-state index < -0.39 is 22.6 Å². The second-order valence-corrected chi connectivity index (χ2v) is 9.75. The number of carbonyl (C=O) groups excluding carboxylic acids is 1. The summed E-state index contributed by atoms with van der Waals surface area (Å²) < 4.78 is 5.92. The zero-order valence-corrected chi connectivity index (χ0v) is 20.7. The number of benzene rings is 2. The summed E-state index contributed by atoms with van der Waals surface area (Å²) in [6.07, 6.45) is 1.66. The summed E-state index contributed by atoms with van der Waals surface area (Å²) in [5.74, 6) is -0.0832. The van der Waals surface area contributed by atoms with Gasteiger partial charge in [0.15, 0.2) is 5.76 Å². The number of nitrogens with one attached hydrogen (secondary N) is 1. The number of likely N-dealkylation sites (tertiary alicyclic amines) is 1. The Hall–Kier alpha value is -3.42. The highest BCUT2D eigenvalue weighted by molar-refractivity contribution is 5.78. The van der Waals surface area contributed by atoms with Crippen LogP contribution in [0, 0.1) is 6.92 Å². The Morgan fingerprint density at radius 2 is 1.67 bits per heavy atom. The van der Waals surface area contributed by atoms with E-state index in [4.69, 9.17) is 4.42 Å². The van der Waals surface area contributed by atoms with Gasteiger partial charge in [0, 0.05) is 24.4 Å². The van der Waals surface area contributed by atoms with Crippen molar-refractivity contribution in [3.05, 3.63) is 99.6 Å². The van der Waals surface area contributed by atoms with Crippen LogP contribution >= 0.6 is 0 Å². The van der Waals surface area contributed by atoms with Crippen molar-refractivity contribution in [2.75, 3.05) is 19.7 Å². The first-order valence-electron chi connectivity index (χ1n) is 12.4. The summed E-state index contributed by atoms with van der Waals surface area (Å²) >= 11 is 0. The number of aryl methyl sites for hydroxylation is 1. The number of piperidine rings is 1. The molecule has 3 aromatic rings. The molecule has 1 saturated heterocycles. The number of carbonyl (C=O) groups is 1. The van der Waals surface area contributed by atoms with E-state index in [9.17, 15) is 19.8 Å². The van der Waals surface area contributed by atoms with Gasteiger partial charge in [-0.2, -0.15) is 0 Å². The number of rotatable bonds is 9. The normalized spacial score (nSPS) is 16.4. The Labute approximate surface area is 211 Å². The molecule has 1 unspecified atom stereocenters. The highest BCUT2D eigenvalue weighted by Crippen LogP contribution is 2.42. The predicted octanol–water partition coefficient (Wildman–Crippen LogP) is 3.30. The molecule has 36 heavy (non-hydrogen) atoms. The third-order valence-electron chi connectivity index (χ3n) is 7.00. The van der Waals surface area contributed by atoms with Crippen molar-refractivity contribution in [3.63, 3.8) is 0 Å². The van der Waals surface area contributed by atoms with Gasteiger partial charge in [-0.05, 0) is 50.4 Å². The number of aliphatic hydroxyl groups excluding tert-OH is 1. The van der Waals surface area contributed by atoms with Gasteiger partial charge in [0.25, 0.3) is 0 Å². The van der Waals surface area contributed by atoms with Gasteiger partial charge in [0.1, 0.15) is 5.76 Å². The smallest absolute Gasteiger partial charge is 0.227 e. The van der Waals surface area contributed by atoms with Gasteiger partial charge < -0.3 is 19.9 Å². The number of nitrogens with zero attached hydrogens (tertiary/aromatic N) is 1. The molecule has 1 amide bonds.